The molecule has 0 bridgehead atoms. The molecule has 0 aliphatic carbocycles. The quantitative estimate of drug-likeness (QED) is 0.839. The fourth-order valence-corrected chi connectivity index (χ4v) is 2.12. The predicted molar refractivity (Wildman–Crippen MR) is 83.2 cm³/mol. The second kappa shape index (κ2) is 6.29. The van der Waals surface area contributed by atoms with Crippen LogP contribution in [-0.2, 0) is 0 Å². The Morgan fingerprint density at radius 2 is 1.95 bits per heavy atom. The van der Waals surface area contributed by atoms with Crippen LogP contribution in [0.2, 0.25) is 0 Å². The van der Waals surface area contributed by atoms with Gasteiger partial charge in [-0.3, -0.25) is 4.98 Å². The molecule has 0 aliphatic rings. The van der Waals surface area contributed by atoms with Crippen LogP contribution >= 0.6 is 12.2 Å². The molecule has 4 heteroatoms. The normalized spacial score (nSPS) is 11.7. The molecular weight excluding hydrogens is 254 g/mol. The average molecular weight is 271 g/mol. The van der Waals surface area contributed by atoms with Gasteiger partial charge in [0.25, 0.3) is 0 Å². The lowest BCUT2D eigenvalue weighted by atomic mass is 10.1. The van der Waals surface area contributed by atoms with Gasteiger partial charge in [0.1, 0.15) is 0 Å². The number of nitrogens with zero attached hydrogens (tertiary/aromatic N) is 1. The third-order valence-corrected chi connectivity index (χ3v) is 3.05. The second-order valence-corrected chi connectivity index (χ2v) is 4.88. The molecule has 0 radical (unpaired) electrons. The molecule has 1 aromatic heterocycles. The van der Waals surface area contributed by atoms with Crippen molar-refractivity contribution in [3.63, 3.8) is 0 Å². The van der Waals surface area contributed by atoms with Gasteiger partial charge in [-0.2, -0.15) is 0 Å². The highest BCUT2D eigenvalue weighted by Gasteiger charge is 2.06. The highest BCUT2D eigenvalue weighted by atomic mass is 32.1. The molecule has 2 aromatic rings. The minimum Gasteiger partial charge on any atom is -0.356 e. The highest BCUT2D eigenvalue weighted by molar-refractivity contribution is 7.80. The van der Waals surface area contributed by atoms with Gasteiger partial charge in [0.2, 0.25) is 0 Å². The Morgan fingerprint density at radius 1 is 1.21 bits per heavy atom. The molecule has 2 N–H and O–H groups in total. The molecule has 1 atom stereocenters. The summed E-state index contributed by atoms with van der Waals surface area (Å²) in [5.74, 6) is 0. The Labute approximate surface area is 119 Å². The van der Waals surface area contributed by atoms with Gasteiger partial charge in [-0.15, -0.1) is 0 Å². The Kier molecular flexibility index (Phi) is 4.47. The van der Waals surface area contributed by atoms with Crippen LogP contribution in [0.3, 0.4) is 0 Å². The van der Waals surface area contributed by atoms with Crippen LogP contribution in [0.1, 0.15) is 24.1 Å². The Hall–Kier alpha value is -1.94. The first-order chi connectivity index (χ1) is 9.15. The van der Waals surface area contributed by atoms with E-state index >= 15 is 0 Å². The van der Waals surface area contributed by atoms with E-state index in [1.54, 1.807) is 12.4 Å². The first kappa shape index (κ1) is 13.5. The standard InChI is InChI=1S/C15H17N3S/c1-11-4-3-5-14(10-11)18-15(19)17-12(2)13-6-8-16-9-7-13/h3-10,12H,1-2H3,(H2,17,18,19)/t12-/m1/s1. The molecule has 1 aromatic carbocycles. The number of aromatic nitrogens is 1. The molecule has 0 saturated carbocycles. The summed E-state index contributed by atoms with van der Waals surface area (Å²) in [4.78, 5) is 4.01. The maximum Gasteiger partial charge on any atom is 0.171 e. The Morgan fingerprint density at radius 3 is 2.63 bits per heavy atom. The topological polar surface area (TPSA) is 37.0 Å². The number of hydrogen-bond acceptors (Lipinski definition) is 2. The van der Waals surface area contributed by atoms with Crippen molar-refractivity contribution in [2.75, 3.05) is 5.32 Å². The van der Waals surface area contributed by atoms with Crippen LogP contribution in [0.25, 0.3) is 0 Å². The Balaban J connectivity index is 1.95. The molecule has 0 amide bonds. The largest absolute Gasteiger partial charge is 0.356 e. The second-order valence-electron chi connectivity index (χ2n) is 4.47. The summed E-state index contributed by atoms with van der Waals surface area (Å²) in [6, 6.07) is 12.2. The van der Waals surface area contributed by atoms with Gasteiger partial charge >= 0.3 is 0 Å². The number of thiocarbonyl (C=S) groups is 1. The minimum atomic E-state index is 0.146. The monoisotopic (exact) mass is 271 g/mol. The molecule has 1 heterocycles. The van der Waals surface area contributed by atoms with E-state index in [-0.39, 0.29) is 6.04 Å². The zero-order chi connectivity index (χ0) is 13.7. The van der Waals surface area contributed by atoms with Crippen molar-refractivity contribution < 1.29 is 0 Å². The van der Waals surface area contributed by atoms with Gasteiger partial charge in [-0.05, 0) is 61.5 Å². The van der Waals surface area contributed by atoms with E-state index in [2.05, 4.69) is 41.6 Å². The van der Waals surface area contributed by atoms with Gasteiger partial charge in [0, 0.05) is 18.1 Å². The minimum absolute atomic E-state index is 0.146. The van der Waals surface area contributed by atoms with E-state index in [1.165, 1.54) is 5.56 Å². The SMILES string of the molecule is Cc1cccc(NC(=S)N[C@H](C)c2ccncc2)c1. The summed E-state index contributed by atoms with van der Waals surface area (Å²) in [6.07, 6.45) is 3.56. The fourth-order valence-electron chi connectivity index (χ4n) is 1.82. The van der Waals surface area contributed by atoms with Gasteiger partial charge < -0.3 is 10.6 Å². The van der Waals surface area contributed by atoms with Crippen LogP contribution in [0.4, 0.5) is 5.69 Å². The van der Waals surface area contributed by atoms with E-state index in [0.29, 0.717) is 5.11 Å². The number of hydrogen-bond donors (Lipinski definition) is 2. The summed E-state index contributed by atoms with van der Waals surface area (Å²) < 4.78 is 0. The van der Waals surface area contributed by atoms with E-state index in [9.17, 15) is 0 Å². The van der Waals surface area contributed by atoms with Crippen molar-refractivity contribution in [3.05, 3.63) is 59.9 Å². The van der Waals surface area contributed by atoms with Crippen LogP contribution < -0.4 is 10.6 Å². The van der Waals surface area contributed by atoms with Crippen molar-refractivity contribution in [2.24, 2.45) is 0 Å². The first-order valence-corrected chi connectivity index (χ1v) is 6.60. The number of pyridine rings is 1. The Bertz CT molecular complexity index is 554. The van der Waals surface area contributed by atoms with Crippen molar-refractivity contribution in [2.45, 2.75) is 19.9 Å². The van der Waals surface area contributed by atoms with Gasteiger partial charge in [0.15, 0.2) is 5.11 Å². The first-order valence-electron chi connectivity index (χ1n) is 6.19. The molecule has 0 aliphatic heterocycles. The molecule has 19 heavy (non-hydrogen) atoms. The molecule has 98 valence electrons. The number of aryl methyl sites for hydroxylation is 1. The van der Waals surface area contributed by atoms with E-state index in [0.717, 1.165) is 11.3 Å². The average Bonchev–Trinajstić information content (AvgIpc) is 2.39. The maximum atomic E-state index is 5.32. The number of anilines is 1. The third-order valence-electron chi connectivity index (χ3n) is 2.83. The molecule has 0 fully saturated rings. The summed E-state index contributed by atoms with van der Waals surface area (Å²) >= 11 is 5.32. The lowest BCUT2D eigenvalue weighted by Crippen LogP contribution is -2.30. The lowest BCUT2D eigenvalue weighted by molar-refractivity contribution is 0.721. The third kappa shape index (κ3) is 4.03. The molecular formula is C15H17N3S. The number of nitrogens with one attached hydrogen (secondary N) is 2. The maximum absolute atomic E-state index is 5.32. The molecule has 2 rings (SSSR count). The van der Waals surface area contributed by atoms with Crippen LogP contribution in [-0.4, -0.2) is 10.1 Å². The van der Waals surface area contributed by atoms with E-state index in [1.807, 2.05) is 24.3 Å². The van der Waals surface area contributed by atoms with Gasteiger partial charge in [0.05, 0.1) is 6.04 Å². The van der Waals surface area contributed by atoms with Gasteiger partial charge in [-0.1, -0.05) is 12.1 Å². The number of benzene rings is 1. The fraction of sp³-hybridized carbons (Fsp3) is 0.200. The van der Waals surface area contributed by atoms with Crippen molar-refractivity contribution in [1.82, 2.24) is 10.3 Å². The molecule has 0 spiro atoms. The van der Waals surface area contributed by atoms with Crippen molar-refractivity contribution >= 4 is 23.0 Å². The molecule has 0 saturated heterocycles. The highest BCUT2D eigenvalue weighted by Crippen LogP contribution is 2.12. The zero-order valence-corrected chi connectivity index (χ0v) is 11.9. The van der Waals surface area contributed by atoms with E-state index < -0.39 is 0 Å². The van der Waals surface area contributed by atoms with Gasteiger partial charge in [-0.25, -0.2) is 0 Å². The summed E-state index contributed by atoms with van der Waals surface area (Å²) in [7, 11) is 0. The van der Waals surface area contributed by atoms with Crippen LogP contribution in [0.15, 0.2) is 48.8 Å². The van der Waals surface area contributed by atoms with Crippen LogP contribution in [0.5, 0.6) is 0 Å². The van der Waals surface area contributed by atoms with Crippen molar-refractivity contribution in [3.8, 4) is 0 Å². The lowest BCUT2D eigenvalue weighted by Gasteiger charge is -2.17. The smallest absolute Gasteiger partial charge is 0.171 e. The summed E-state index contributed by atoms with van der Waals surface area (Å²) in [6.45, 7) is 4.13. The summed E-state index contributed by atoms with van der Waals surface area (Å²) in [5.41, 5.74) is 3.36. The van der Waals surface area contributed by atoms with Crippen LogP contribution in [0, 0.1) is 6.92 Å². The van der Waals surface area contributed by atoms with Crippen molar-refractivity contribution in [1.29, 1.82) is 0 Å². The zero-order valence-electron chi connectivity index (χ0n) is 11.1. The summed E-state index contributed by atoms with van der Waals surface area (Å²) in [5, 5.41) is 7.07. The molecule has 0 unspecified atom stereocenters. The predicted octanol–water partition coefficient (Wildman–Crippen LogP) is 3.44. The number of rotatable bonds is 3. The van der Waals surface area contributed by atoms with E-state index in [4.69, 9.17) is 12.2 Å². The molecule has 3 nitrogen and oxygen atoms in total.